The second kappa shape index (κ2) is 7.73. The molecule has 1 heterocycles. The first-order valence-electron chi connectivity index (χ1n) is 6.42. The molecule has 0 unspecified atom stereocenters. The molecule has 0 radical (unpaired) electrons. The predicted molar refractivity (Wildman–Crippen MR) is 88.5 cm³/mol. The number of hydrogen-bond acceptors (Lipinski definition) is 5. The Morgan fingerprint density at radius 3 is 2.76 bits per heavy atom. The fourth-order valence-corrected chi connectivity index (χ4v) is 2.78. The summed E-state index contributed by atoms with van der Waals surface area (Å²) in [5, 5.41) is 1.75. The van der Waals surface area contributed by atoms with Crippen molar-refractivity contribution in [1.82, 2.24) is 9.97 Å². The van der Waals surface area contributed by atoms with Crippen LogP contribution in [0.25, 0.3) is 0 Å². The Morgan fingerprint density at radius 1 is 1.24 bits per heavy atom. The first-order valence-corrected chi connectivity index (χ1v) is 8.16. The van der Waals surface area contributed by atoms with Gasteiger partial charge in [-0.2, -0.15) is 0 Å². The maximum absolute atomic E-state index is 6.03. The van der Waals surface area contributed by atoms with E-state index in [0.29, 0.717) is 39.1 Å². The summed E-state index contributed by atoms with van der Waals surface area (Å²) < 4.78 is 5.60. The molecule has 0 bridgehead atoms. The quantitative estimate of drug-likeness (QED) is 0.486. The Balaban J connectivity index is 1.86. The average Bonchev–Trinajstić information content (AvgIpc) is 2.44. The molecule has 0 spiro atoms. The number of rotatable bonds is 6. The molecule has 0 aliphatic carbocycles. The van der Waals surface area contributed by atoms with Crippen LogP contribution in [0.4, 0.5) is 5.82 Å². The van der Waals surface area contributed by atoms with Gasteiger partial charge in [-0.15, -0.1) is 0 Å². The molecule has 7 heteroatoms. The maximum atomic E-state index is 6.03. The molecule has 1 aromatic carbocycles. The van der Waals surface area contributed by atoms with Gasteiger partial charge in [0.1, 0.15) is 11.6 Å². The van der Waals surface area contributed by atoms with Crippen LogP contribution in [0.5, 0.6) is 5.75 Å². The smallest absolute Gasteiger partial charge is 0.189 e. The minimum Gasteiger partial charge on any atom is -0.491 e. The van der Waals surface area contributed by atoms with Crippen LogP contribution in [0.1, 0.15) is 12.6 Å². The zero-order valence-electron chi connectivity index (χ0n) is 11.5. The van der Waals surface area contributed by atoms with E-state index in [-0.39, 0.29) is 0 Å². The Morgan fingerprint density at radius 2 is 2.05 bits per heavy atom. The number of nitrogens with two attached hydrogens (primary N) is 1. The standard InChI is InChI=1S/C14H15Cl2N3OS/c1-2-10-8-13(17)19-14(18-10)21-6-5-20-12-4-3-9(15)7-11(12)16/h3-4,7-8H,2,5-6H2,1H3,(H2,17,18,19). The summed E-state index contributed by atoms with van der Waals surface area (Å²) in [7, 11) is 0. The molecule has 21 heavy (non-hydrogen) atoms. The van der Waals surface area contributed by atoms with Crippen LogP contribution in [0.2, 0.25) is 10.0 Å². The average molecular weight is 344 g/mol. The monoisotopic (exact) mass is 343 g/mol. The lowest BCUT2D eigenvalue weighted by molar-refractivity contribution is 0.344. The molecule has 4 nitrogen and oxygen atoms in total. The van der Waals surface area contributed by atoms with Gasteiger partial charge in [0, 0.05) is 22.5 Å². The van der Waals surface area contributed by atoms with E-state index >= 15 is 0 Å². The zero-order chi connectivity index (χ0) is 15.2. The van der Waals surface area contributed by atoms with Crippen molar-refractivity contribution in [3.8, 4) is 5.75 Å². The fraction of sp³-hybridized carbons (Fsp3) is 0.286. The molecular weight excluding hydrogens is 329 g/mol. The minimum atomic E-state index is 0.492. The van der Waals surface area contributed by atoms with Gasteiger partial charge < -0.3 is 10.5 Å². The molecule has 0 saturated carbocycles. The maximum Gasteiger partial charge on any atom is 0.189 e. The Labute approximate surface area is 138 Å². The van der Waals surface area contributed by atoms with E-state index < -0.39 is 0 Å². The Bertz CT molecular complexity index is 625. The number of halogens is 2. The van der Waals surface area contributed by atoms with Crippen LogP contribution < -0.4 is 10.5 Å². The number of hydrogen-bond donors (Lipinski definition) is 1. The largest absolute Gasteiger partial charge is 0.491 e. The van der Waals surface area contributed by atoms with Crippen molar-refractivity contribution >= 4 is 40.8 Å². The fourth-order valence-electron chi connectivity index (χ4n) is 1.62. The van der Waals surface area contributed by atoms with Crippen molar-refractivity contribution < 1.29 is 4.74 Å². The molecule has 0 aliphatic rings. The van der Waals surface area contributed by atoms with Crippen LogP contribution >= 0.6 is 35.0 Å². The van der Waals surface area contributed by atoms with Crippen LogP contribution in [-0.2, 0) is 6.42 Å². The van der Waals surface area contributed by atoms with Crippen molar-refractivity contribution in [2.45, 2.75) is 18.5 Å². The van der Waals surface area contributed by atoms with Crippen molar-refractivity contribution in [3.63, 3.8) is 0 Å². The molecule has 2 rings (SSSR count). The normalized spacial score (nSPS) is 10.6. The first-order chi connectivity index (χ1) is 10.1. The Hall–Kier alpha value is -1.17. The summed E-state index contributed by atoms with van der Waals surface area (Å²) in [6.07, 6.45) is 0.831. The summed E-state index contributed by atoms with van der Waals surface area (Å²) in [6, 6.07) is 6.93. The lowest BCUT2D eigenvalue weighted by Crippen LogP contribution is -2.03. The highest BCUT2D eigenvalue weighted by Crippen LogP contribution is 2.27. The lowest BCUT2D eigenvalue weighted by atomic mass is 10.3. The van der Waals surface area contributed by atoms with Gasteiger partial charge in [0.25, 0.3) is 0 Å². The molecule has 0 saturated heterocycles. The van der Waals surface area contributed by atoms with Crippen molar-refractivity contribution in [3.05, 3.63) is 40.0 Å². The number of thioether (sulfide) groups is 1. The molecular formula is C14H15Cl2N3OS. The number of ether oxygens (including phenoxy) is 1. The summed E-state index contributed by atoms with van der Waals surface area (Å²) in [5.74, 6) is 1.81. The summed E-state index contributed by atoms with van der Waals surface area (Å²) in [5.41, 5.74) is 6.68. The second-order valence-electron chi connectivity index (χ2n) is 4.19. The van der Waals surface area contributed by atoms with E-state index in [1.54, 1.807) is 24.3 Å². The third kappa shape index (κ3) is 4.95. The van der Waals surface area contributed by atoms with E-state index in [2.05, 4.69) is 9.97 Å². The van der Waals surface area contributed by atoms with Gasteiger partial charge in [-0.25, -0.2) is 9.97 Å². The molecule has 1 aromatic heterocycles. The molecule has 0 amide bonds. The first kappa shape index (κ1) is 16.2. The number of anilines is 1. The van der Waals surface area contributed by atoms with Crippen LogP contribution in [0.15, 0.2) is 29.4 Å². The van der Waals surface area contributed by atoms with Crippen molar-refractivity contribution in [1.29, 1.82) is 0 Å². The topological polar surface area (TPSA) is 61.0 Å². The van der Waals surface area contributed by atoms with Crippen LogP contribution in [0.3, 0.4) is 0 Å². The summed E-state index contributed by atoms with van der Waals surface area (Å²) >= 11 is 13.4. The lowest BCUT2D eigenvalue weighted by Gasteiger charge is -2.08. The van der Waals surface area contributed by atoms with Gasteiger partial charge in [-0.1, -0.05) is 41.9 Å². The highest BCUT2D eigenvalue weighted by Gasteiger charge is 2.05. The number of nitrogens with zero attached hydrogens (tertiary/aromatic N) is 2. The van der Waals surface area contributed by atoms with E-state index in [1.807, 2.05) is 6.92 Å². The van der Waals surface area contributed by atoms with E-state index in [9.17, 15) is 0 Å². The van der Waals surface area contributed by atoms with Crippen LogP contribution in [-0.4, -0.2) is 22.3 Å². The number of aromatic nitrogens is 2. The molecule has 0 atom stereocenters. The van der Waals surface area contributed by atoms with Gasteiger partial charge >= 0.3 is 0 Å². The Kier molecular flexibility index (Phi) is 5.96. The van der Waals surface area contributed by atoms with Gasteiger partial charge in [0.2, 0.25) is 0 Å². The number of benzene rings is 1. The number of aryl methyl sites for hydroxylation is 1. The summed E-state index contributed by atoms with van der Waals surface area (Å²) in [4.78, 5) is 8.58. The summed E-state index contributed by atoms with van der Waals surface area (Å²) in [6.45, 7) is 2.52. The molecule has 2 N–H and O–H groups in total. The van der Waals surface area contributed by atoms with E-state index in [4.69, 9.17) is 33.7 Å². The molecule has 0 aliphatic heterocycles. The highest BCUT2D eigenvalue weighted by atomic mass is 35.5. The predicted octanol–water partition coefficient (Wildman–Crippen LogP) is 4.10. The van der Waals surface area contributed by atoms with E-state index in [1.165, 1.54) is 11.8 Å². The van der Waals surface area contributed by atoms with E-state index in [0.717, 1.165) is 12.1 Å². The van der Waals surface area contributed by atoms with Crippen molar-refractivity contribution in [2.24, 2.45) is 0 Å². The third-order valence-corrected chi connectivity index (χ3v) is 3.95. The van der Waals surface area contributed by atoms with Gasteiger partial charge in [0.15, 0.2) is 5.16 Å². The number of nitrogen functional groups attached to an aromatic ring is 1. The SMILES string of the molecule is CCc1cc(N)nc(SCCOc2ccc(Cl)cc2Cl)n1. The zero-order valence-corrected chi connectivity index (χ0v) is 13.8. The molecule has 2 aromatic rings. The third-order valence-electron chi connectivity index (χ3n) is 2.61. The van der Waals surface area contributed by atoms with Gasteiger partial charge in [0.05, 0.1) is 11.6 Å². The van der Waals surface area contributed by atoms with Crippen molar-refractivity contribution in [2.75, 3.05) is 18.1 Å². The minimum absolute atomic E-state index is 0.492. The highest BCUT2D eigenvalue weighted by molar-refractivity contribution is 7.99. The second-order valence-corrected chi connectivity index (χ2v) is 6.10. The van der Waals surface area contributed by atoms with Gasteiger partial charge in [-0.05, 0) is 24.6 Å². The van der Waals surface area contributed by atoms with Crippen LogP contribution in [0, 0.1) is 0 Å². The van der Waals surface area contributed by atoms with Gasteiger partial charge in [-0.3, -0.25) is 0 Å². The molecule has 0 fully saturated rings. The molecule has 112 valence electrons.